The number of hydrogen-bond acceptors (Lipinski definition) is 1. The lowest BCUT2D eigenvalue weighted by Gasteiger charge is -1.97. The SMILES string of the molecule is [CH2]CCCCSCCCC. The Kier molecular flexibility index (Phi) is 9.68. The lowest BCUT2D eigenvalue weighted by Crippen LogP contribution is -1.82. The largest absolute Gasteiger partial charge is 0.162 e. The van der Waals surface area contributed by atoms with Crippen LogP contribution in [0.4, 0.5) is 0 Å². The number of rotatable bonds is 7. The Hall–Kier alpha value is 0.350. The van der Waals surface area contributed by atoms with Crippen LogP contribution in [-0.2, 0) is 0 Å². The van der Waals surface area contributed by atoms with E-state index in [2.05, 4.69) is 25.6 Å². The van der Waals surface area contributed by atoms with E-state index in [1.807, 2.05) is 0 Å². The Labute approximate surface area is 69.8 Å². The maximum Gasteiger partial charge on any atom is -0.00675 e. The van der Waals surface area contributed by atoms with Gasteiger partial charge in [-0.2, -0.15) is 11.8 Å². The number of hydrogen-bond donors (Lipinski definition) is 0. The first kappa shape index (κ1) is 10.3. The van der Waals surface area contributed by atoms with Crippen molar-refractivity contribution in [2.24, 2.45) is 0 Å². The van der Waals surface area contributed by atoms with Crippen LogP contribution in [0.2, 0.25) is 0 Å². The molecular weight excluding hydrogens is 140 g/mol. The summed E-state index contributed by atoms with van der Waals surface area (Å²) in [6.45, 7) is 6.06. The third-order valence-electron chi connectivity index (χ3n) is 1.43. The zero-order valence-corrected chi connectivity index (χ0v) is 7.88. The van der Waals surface area contributed by atoms with Crippen molar-refractivity contribution in [3.63, 3.8) is 0 Å². The molecule has 0 saturated carbocycles. The summed E-state index contributed by atoms with van der Waals surface area (Å²) >= 11 is 2.09. The van der Waals surface area contributed by atoms with Crippen molar-refractivity contribution in [1.29, 1.82) is 0 Å². The Morgan fingerprint density at radius 2 is 1.80 bits per heavy atom. The molecular formula is C9H19S. The highest BCUT2D eigenvalue weighted by atomic mass is 32.2. The van der Waals surface area contributed by atoms with Crippen molar-refractivity contribution in [2.45, 2.75) is 39.0 Å². The molecule has 0 amide bonds. The first-order chi connectivity index (χ1) is 4.91. The van der Waals surface area contributed by atoms with E-state index >= 15 is 0 Å². The van der Waals surface area contributed by atoms with Crippen LogP contribution in [0.3, 0.4) is 0 Å². The third-order valence-corrected chi connectivity index (χ3v) is 2.59. The summed E-state index contributed by atoms with van der Waals surface area (Å²) in [5.41, 5.74) is 0. The van der Waals surface area contributed by atoms with Gasteiger partial charge in [0.15, 0.2) is 0 Å². The van der Waals surface area contributed by atoms with Gasteiger partial charge in [0.1, 0.15) is 0 Å². The molecule has 0 N–H and O–H groups in total. The average Bonchev–Trinajstić information content (AvgIpc) is 1.97. The summed E-state index contributed by atoms with van der Waals surface area (Å²) in [6, 6.07) is 0. The van der Waals surface area contributed by atoms with Crippen molar-refractivity contribution < 1.29 is 0 Å². The summed E-state index contributed by atoms with van der Waals surface area (Å²) in [6.07, 6.45) is 6.49. The molecule has 0 heterocycles. The van der Waals surface area contributed by atoms with Gasteiger partial charge in [-0.1, -0.05) is 33.1 Å². The molecule has 0 spiro atoms. The monoisotopic (exact) mass is 159 g/mol. The molecule has 0 aliphatic rings. The second kappa shape index (κ2) is 9.35. The maximum atomic E-state index is 3.81. The lowest BCUT2D eigenvalue weighted by molar-refractivity contribution is 0.818. The van der Waals surface area contributed by atoms with Gasteiger partial charge in [-0.05, 0) is 24.3 Å². The summed E-state index contributed by atoms with van der Waals surface area (Å²) in [7, 11) is 0. The highest BCUT2D eigenvalue weighted by Gasteiger charge is 1.87. The van der Waals surface area contributed by atoms with Crippen LogP contribution in [0.25, 0.3) is 0 Å². The molecule has 0 unspecified atom stereocenters. The van der Waals surface area contributed by atoms with Gasteiger partial charge in [0.2, 0.25) is 0 Å². The molecule has 1 radical (unpaired) electrons. The molecule has 0 aliphatic carbocycles. The Bertz CT molecular complexity index is 44.7. The quantitative estimate of drug-likeness (QED) is 0.512. The van der Waals surface area contributed by atoms with E-state index in [1.165, 1.54) is 37.2 Å². The van der Waals surface area contributed by atoms with Gasteiger partial charge in [0.05, 0.1) is 0 Å². The van der Waals surface area contributed by atoms with E-state index in [4.69, 9.17) is 0 Å². The molecule has 0 aromatic carbocycles. The van der Waals surface area contributed by atoms with Gasteiger partial charge in [0.25, 0.3) is 0 Å². The van der Waals surface area contributed by atoms with Gasteiger partial charge in [-0.3, -0.25) is 0 Å². The predicted molar refractivity (Wildman–Crippen MR) is 51.4 cm³/mol. The van der Waals surface area contributed by atoms with E-state index in [9.17, 15) is 0 Å². The molecule has 1 heteroatoms. The third kappa shape index (κ3) is 8.35. The van der Waals surface area contributed by atoms with Crippen LogP contribution in [0.5, 0.6) is 0 Å². The van der Waals surface area contributed by atoms with Crippen molar-refractivity contribution in [2.75, 3.05) is 11.5 Å². The topological polar surface area (TPSA) is 0 Å². The fraction of sp³-hybridized carbons (Fsp3) is 0.889. The second-order valence-corrected chi connectivity index (χ2v) is 3.75. The van der Waals surface area contributed by atoms with Gasteiger partial charge >= 0.3 is 0 Å². The molecule has 0 rings (SSSR count). The van der Waals surface area contributed by atoms with Gasteiger partial charge in [-0.15, -0.1) is 0 Å². The summed E-state index contributed by atoms with van der Waals surface area (Å²) < 4.78 is 0. The van der Waals surface area contributed by atoms with Gasteiger partial charge in [-0.25, -0.2) is 0 Å². The van der Waals surface area contributed by atoms with Crippen molar-refractivity contribution in [1.82, 2.24) is 0 Å². The molecule has 10 heavy (non-hydrogen) atoms. The molecule has 0 aromatic rings. The normalized spacial score (nSPS) is 10.2. The van der Waals surface area contributed by atoms with E-state index in [0.717, 1.165) is 6.42 Å². The number of thioether (sulfide) groups is 1. The van der Waals surface area contributed by atoms with Gasteiger partial charge < -0.3 is 0 Å². The first-order valence-electron chi connectivity index (χ1n) is 4.28. The summed E-state index contributed by atoms with van der Waals surface area (Å²) in [5, 5.41) is 0. The fourth-order valence-corrected chi connectivity index (χ4v) is 1.83. The van der Waals surface area contributed by atoms with Crippen LogP contribution < -0.4 is 0 Å². The van der Waals surface area contributed by atoms with Crippen LogP contribution in [0.1, 0.15) is 39.0 Å². The second-order valence-electron chi connectivity index (χ2n) is 2.53. The standard InChI is InChI=1S/C9H19S/c1-3-5-7-9-10-8-6-4-2/h1,3-9H2,2H3. The zero-order valence-electron chi connectivity index (χ0n) is 7.07. The Morgan fingerprint density at radius 3 is 2.40 bits per heavy atom. The van der Waals surface area contributed by atoms with E-state index in [-0.39, 0.29) is 0 Å². The van der Waals surface area contributed by atoms with Gasteiger partial charge in [0, 0.05) is 0 Å². The lowest BCUT2D eigenvalue weighted by atomic mass is 10.3. The molecule has 0 atom stereocenters. The molecule has 0 fully saturated rings. The molecule has 0 aromatic heterocycles. The minimum absolute atomic E-state index is 1.11. The molecule has 0 nitrogen and oxygen atoms in total. The molecule has 0 bridgehead atoms. The predicted octanol–water partition coefficient (Wildman–Crippen LogP) is 3.52. The molecule has 0 aliphatic heterocycles. The summed E-state index contributed by atoms with van der Waals surface area (Å²) in [5.74, 6) is 2.70. The Morgan fingerprint density at radius 1 is 1.10 bits per heavy atom. The fourth-order valence-electron chi connectivity index (χ4n) is 0.729. The van der Waals surface area contributed by atoms with E-state index < -0.39 is 0 Å². The average molecular weight is 159 g/mol. The van der Waals surface area contributed by atoms with Crippen molar-refractivity contribution >= 4 is 11.8 Å². The van der Waals surface area contributed by atoms with E-state index in [1.54, 1.807) is 0 Å². The van der Waals surface area contributed by atoms with Crippen molar-refractivity contribution in [3.8, 4) is 0 Å². The highest BCUT2D eigenvalue weighted by molar-refractivity contribution is 7.99. The smallest absolute Gasteiger partial charge is 0.00675 e. The minimum Gasteiger partial charge on any atom is -0.162 e. The van der Waals surface area contributed by atoms with Crippen LogP contribution in [0, 0.1) is 6.92 Å². The molecule has 61 valence electrons. The summed E-state index contributed by atoms with van der Waals surface area (Å²) in [4.78, 5) is 0. The van der Waals surface area contributed by atoms with Crippen LogP contribution in [0.15, 0.2) is 0 Å². The molecule has 0 saturated heterocycles. The van der Waals surface area contributed by atoms with Crippen LogP contribution in [-0.4, -0.2) is 11.5 Å². The first-order valence-corrected chi connectivity index (χ1v) is 5.44. The van der Waals surface area contributed by atoms with E-state index in [0.29, 0.717) is 0 Å². The minimum atomic E-state index is 1.11. The maximum absolute atomic E-state index is 3.81. The number of unbranched alkanes of at least 4 members (excludes halogenated alkanes) is 3. The Balaban J connectivity index is 2.65. The zero-order chi connectivity index (χ0) is 7.66. The van der Waals surface area contributed by atoms with Crippen molar-refractivity contribution in [3.05, 3.63) is 6.92 Å². The van der Waals surface area contributed by atoms with Crippen LogP contribution >= 0.6 is 11.8 Å². The highest BCUT2D eigenvalue weighted by Crippen LogP contribution is 2.07.